The van der Waals surface area contributed by atoms with E-state index in [-0.39, 0.29) is 28.8 Å². The van der Waals surface area contributed by atoms with Gasteiger partial charge in [0.15, 0.2) is 0 Å². The van der Waals surface area contributed by atoms with E-state index in [1.165, 1.54) is 16.7 Å². The number of nitrogens with one attached hydrogen (secondary N) is 1. The minimum absolute atomic E-state index is 0.0140. The highest BCUT2D eigenvalue weighted by Crippen LogP contribution is 2.69. The predicted octanol–water partition coefficient (Wildman–Crippen LogP) is 5.66. The van der Waals surface area contributed by atoms with Crippen molar-refractivity contribution in [1.82, 2.24) is 5.32 Å². The van der Waals surface area contributed by atoms with Crippen molar-refractivity contribution < 1.29 is 9.53 Å². The summed E-state index contributed by atoms with van der Waals surface area (Å²) in [5.74, 6) is 1.53. The number of rotatable bonds is 9. The lowest BCUT2D eigenvalue weighted by Gasteiger charge is -2.42. The molecule has 4 heteroatoms. The fraction of sp³-hybridized carbons (Fsp3) is 0.467. The van der Waals surface area contributed by atoms with E-state index in [2.05, 4.69) is 70.4 Å². The van der Waals surface area contributed by atoms with Crippen LogP contribution in [0.2, 0.25) is 0 Å². The first-order chi connectivity index (χ1) is 16.3. The number of methoxy groups -OCH3 is 1. The zero-order valence-corrected chi connectivity index (χ0v) is 21.3. The van der Waals surface area contributed by atoms with Gasteiger partial charge in [0.05, 0.1) is 19.7 Å². The molecule has 0 radical (unpaired) electrons. The molecule has 2 bridgehead atoms. The highest BCUT2D eigenvalue weighted by Gasteiger charge is 2.67. The van der Waals surface area contributed by atoms with E-state index in [1.807, 2.05) is 30.3 Å². The minimum atomic E-state index is -0.232. The van der Waals surface area contributed by atoms with Gasteiger partial charge in [0.2, 0.25) is 0 Å². The number of carbonyl (C=O) groups excluding carboxylic acids is 1. The van der Waals surface area contributed by atoms with Crippen LogP contribution >= 0.6 is 0 Å². The molecular weight excluding hydrogens is 420 g/mol. The topological polar surface area (TPSA) is 50.7 Å². The van der Waals surface area contributed by atoms with E-state index >= 15 is 0 Å². The number of aldehydes is 1. The van der Waals surface area contributed by atoms with Crippen molar-refractivity contribution in [3.05, 3.63) is 76.9 Å². The summed E-state index contributed by atoms with van der Waals surface area (Å²) in [5.41, 5.74) is 5.27. The molecule has 1 fully saturated rings. The number of carbonyl (C=O) groups is 1. The fourth-order valence-electron chi connectivity index (χ4n) is 6.61. The maximum absolute atomic E-state index is 12.2. The van der Waals surface area contributed by atoms with Crippen LogP contribution in [0.4, 0.5) is 0 Å². The quantitative estimate of drug-likeness (QED) is 0.300. The Balaban J connectivity index is 1.61. The van der Waals surface area contributed by atoms with Crippen molar-refractivity contribution in [2.45, 2.75) is 59.7 Å². The SMILES string of the molecule is COc1ccc(CN=CC2C(N[C@H](C=O)Cc3ccccc3)C3(C)C(C)=C(C)C2(C)C3C)cc1. The third kappa shape index (κ3) is 3.92. The molecule has 2 aliphatic carbocycles. The molecule has 0 aromatic heterocycles. The second-order valence-corrected chi connectivity index (χ2v) is 10.5. The van der Waals surface area contributed by atoms with E-state index in [0.29, 0.717) is 18.9 Å². The zero-order valence-electron chi connectivity index (χ0n) is 21.3. The molecule has 4 nitrogen and oxygen atoms in total. The maximum Gasteiger partial charge on any atom is 0.137 e. The Hall–Kier alpha value is -2.72. The van der Waals surface area contributed by atoms with Crippen LogP contribution in [-0.2, 0) is 17.8 Å². The molecule has 2 aromatic rings. The molecular formula is C30H38N2O2. The highest BCUT2D eigenvalue weighted by atomic mass is 16.5. The highest BCUT2D eigenvalue weighted by molar-refractivity contribution is 5.69. The van der Waals surface area contributed by atoms with Crippen molar-refractivity contribution in [2.75, 3.05) is 7.11 Å². The number of aliphatic imine (C=N–C) groups is 1. The monoisotopic (exact) mass is 458 g/mol. The van der Waals surface area contributed by atoms with Gasteiger partial charge in [0, 0.05) is 29.0 Å². The molecule has 1 N–H and O–H groups in total. The van der Waals surface area contributed by atoms with Crippen LogP contribution < -0.4 is 10.1 Å². The first-order valence-corrected chi connectivity index (χ1v) is 12.3. The average Bonchev–Trinajstić information content (AvgIpc) is 3.10. The van der Waals surface area contributed by atoms with Gasteiger partial charge in [-0.15, -0.1) is 0 Å². The fourth-order valence-corrected chi connectivity index (χ4v) is 6.61. The van der Waals surface area contributed by atoms with Crippen LogP contribution in [0.3, 0.4) is 0 Å². The zero-order chi connectivity index (χ0) is 24.5. The molecule has 0 amide bonds. The lowest BCUT2D eigenvalue weighted by molar-refractivity contribution is -0.110. The first-order valence-electron chi connectivity index (χ1n) is 12.3. The molecule has 1 saturated carbocycles. The van der Waals surface area contributed by atoms with Gasteiger partial charge in [0.25, 0.3) is 0 Å². The lowest BCUT2D eigenvalue weighted by Crippen LogP contribution is -2.53. The molecule has 34 heavy (non-hydrogen) atoms. The van der Waals surface area contributed by atoms with Crippen LogP contribution in [0.5, 0.6) is 5.75 Å². The van der Waals surface area contributed by atoms with Crippen molar-refractivity contribution in [2.24, 2.45) is 27.7 Å². The summed E-state index contributed by atoms with van der Waals surface area (Å²) >= 11 is 0. The van der Waals surface area contributed by atoms with Crippen LogP contribution in [0, 0.1) is 22.7 Å². The number of hydrogen-bond acceptors (Lipinski definition) is 4. The number of nitrogens with zero attached hydrogens (tertiary/aromatic N) is 1. The lowest BCUT2D eigenvalue weighted by atomic mass is 9.69. The Labute approximate surface area is 204 Å². The minimum Gasteiger partial charge on any atom is -0.497 e. The summed E-state index contributed by atoms with van der Waals surface area (Å²) in [5, 5.41) is 3.80. The third-order valence-corrected chi connectivity index (χ3v) is 9.23. The van der Waals surface area contributed by atoms with Crippen LogP contribution in [0.25, 0.3) is 0 Å². The molecule has 0 saturated heterocycles. The van der Waals surface area contributed by atoms with Crippen LogP contribution in [-0.4, -0.2) is 31.7 Å². The van der Waals surface area contributed by atoms with Crippen molar-refractivity contribution in [3.8, 4) is 5.75 Å². The van der Waals surface area contributed by atoms with E-state index < -0.39 is 0 Å². The molecule has 0 spiro atoms. The number of hydrogen-bond donors (Lipinski definition) is 1. The van der Waals surface area contributed by atoms with Crippen molar-refractivity contribution in [1.29, 1.82) is 0 Å². The standard InChI is InChI=1S/C30H38N2O2/c1-20-21(2)30(5)22(3)29(20,4)27(18-31-17-24-12-14-26(34-6)15-13-24)28(30)32-25(19-33)16-23-10-8-7-9-11-23/h7-15,18-19,22,25,27-28,32H,16-17H2,1-6H3/t22?,25-,27?,28?,29?,30?/m0/s1. The molecule has 5 unspecified atom stereocenters. The number of ether oxygens (including phenoxy) is 1. The molecule has 4 rings (SSSR count). The Morgan fingerprint density at radius 2 is 1.65 bits per heavy atom. The molecule has 2 aromatic carbocycles. The number of fused-ring (bicyclic) bond motifs is 2. The van der Waals surface area contributed by atoms with E-state index in [9.17, 15) is 4.79 Å². The summed E-state index contributed by atoms with van der Waals surface area (Å²) < 4.78 is 5.27. The second-order valence-electron chi connectivity index (χ2n) is 10.5. The molecule has 0 heterocycles. The van der Waals surface area contributed by atoms with Gasteiger partial charge < -0.3 is 14.8 Å². The van der Waals surface area contributed by atoms with Gasteiger partial charge in [-0.25, -0.2) is 0 Å². The van der Waals surface area contributed by atoms with Crippen LogP contribution in [0.1, 0.15) is 45.7 Å². The van der Waals surface area contributed by atoms with Crippen molar-refractivity contribution >= 4 is 12.5 Å². The van der Waals surface area contributed by atoms with E-state index in [1.54, 1.807) is 7.11 Å². The van der Waals surface area contributed by atoms with Gasteiger partial charge in [-0.3, -0.25) is 4.99 Å². The summed E-state index contributed by atoms with van der Waals surface area (Å²) in [6.45, 7) is 12.3. The van der Waals surface area contributed by atoms with E-state index in [0.717, 1.165) is 17.6 Å². The second kappa shape index (κ2) is 9.50. The van der Waals surface area contributed by atoms with Crippen molar-refractivity contribution in [3.63, 3.8) is 0 Å². The summed E-state index contributed by atoms with van der Waals surface area (Å²) in [6, 6.07) is 18.3. The Morgan fingerprint density at radius 3 is 2.26 bits per heavy atom. The Bertz CT molecular complexity index is 1070. The predicted molar refractivity (Wildman–Crippen MR) is 139 cm³/mol. The normalized spacial score (nSPS) is 31.3. The Kier molecular flexibility index (Phi) is 6.82. The van der Waals surface area contributed by atoms with Gasteiger partial charge in [-0.2, -0.15) is 0 Å². The summed E-state index contributed by atoms with van der Waals surface area (Å²) in [7, 11) is 1.68. The smallest absolute Gasteiger partial charge is 0.137 e. The first kappa shape index (κ1) is 24.4. The molecule has 0 aliphatic heterocycles. The molecule has 2 aliphatic rings. The van der Waals surface area contributed by atoms with Gasteiger partial charge in [-0.05, 0) is 49.4 Å². The molecule has 180 valence electrons. The third-order valence-electron chi connectivity index (χ3n) is 9.23. The van der Waals surface area contributed by atoms with Gasteiger partial charge >= 0.3 is 0 Å². The summed E-state index contributed by atoms with van der Waals surface area (Å²) in [6.07, 6.45) is 3.94. The summed E-state index contributed by atoms with van der Waals surface area (Å²) in [4.78, 5) is 17.1. The Morgan fingerprint density at radius 1 is 1.00 bits per heavy atom. The number of benzene rings is 2. The number of allylic oxidation sites excluding steroid dienone is 1. The maximum atomic E-state index is 12.2. The van der Waals surface area contributed by atoms with Gasteiger partial charge in [-0.1, -0.05) is 74.4 Å². The molecule has 6 atom stereocenters. The average molecular weight is 459 g/mol. The largest absolute Gasteiger partial charge is 0.497 e. The van der Waals surface area contributed by atoms with E-state index in [4.69, 9.17) is 9.73 Å². The van der Waals surface area contributed by atoms with Gasteiger partial charge in [0.1, 0.15) is 12.0 Å². The van der Waals surface area contributed by atoms with Crippen LogP contribution in [0.15, 0.2) is 70.7 Å².